The van der Waals surface area contributed by atoms with Crippen LogP contribution in [0, 0.1) is 5.82 Å². The Morgan fingerprint density at radius 1 is 1.53 bits per heavy atom. The predicted molar refractivity (Wildman–Crippen MR) is 69.1 cm³/mol. The molecule has 0 spiro atoms. The fourth-order valence-electron chi connectivity index (χ4n) is 1.37. The molecule has 6 nitrogen and oxygen atoms in total. The number of nitrogen functional groups attached to an aromatic ring is 1. The molecule has 2 aromatic rings. The van der Waals surface area contributed by atoms with E-state index in [-0.39, 0.29) is 16.7 Å². The molecule has 0 amide bonds. The van der Waals surface area contributed by atoms with E-state index in [4.69, 9.17) is 22.4 Å². The highest BCUT2D eigenvalue weighted by atomic mass is 35.5. The number of aliphatic carboxylic acids is 1. The molecule has 0 aliphatic rings. The summed E-state index contributed by atoms with van der Waals surface area (Å²) >= 11 is 6.65. The third kappa shape index (κ3) is 2.96. The molecule has 1 aromatic heterocycles. The van der Waals surface area contributed by atoms with Crippen LogP contribution < -0.4 is 5.73 Å². The van der Waals surface area contributed by atoms with E-state index in [1.54, 1.807) is 0 Å². The van der Waals surface area contributed by atoms with E-state index in [0.717, 1.165) is 11.8 Å². The molecule has 0 saturated carbocycles. The highest BCUT2D eigenvalue weighted by Gasteiger charge is 2.14. The number of halogens is 2. The Morgan fingerprint density at radius 3 is 2.89 bits per heavy atom. The van der Waals surface area contributed by atoms with Crippen LogP contribution in [0.3, 0.4) is 0 Å². The lowest BCUT2D eigenvalue weighted by Crippen LogP contribution is -2.04. The first kappa shape index (κ1) is 13.6. The quantitative estimate of drug-likeness (QED) is 0.837. The van der Waals surface area contributed by atoms with Crippen LogP contribution in [0.2, 0.25) is 5.02 Å². The number of carbonyl (C=O) groups is 1. The standard InChI is InChI=1S/C10H8ClFN4O2S/c11-6-3-5(1-2-7(6)12)16-9(13)14-15-10(16)19-4-8(17)18/h1-3H,4H2,(H2,13,14)(H,17,18). The summed E-state index contributed by atoms with van der Waals surface area (Å²) < 4.78 is 14.5. The molecule has 0 aliphatic carbocycles. The number of anilines is 1. The zero-order chi connectivity index (χ0) is 14.0. The number of carboxylic acids is 1. The summed E-state index contributed by atoms with van der Waals surface area (Å²) in [6.45, 7) is 0. The van der Waals surface area contributed by atoms with Gasteiger partial charge >= 0.3 is 5.97 Å². The zero-order valence-electron chi connectivity index (χ0n) is 9.38. The van der Waals surface area contributed by atoms with Crippen molar-refractivity contribution in [2.45, 2.75) is 5.16 Å². The fourth-order valence-corrected chi connectivity index (χ4v) is 2.22. The highest BCUT2D eigenvalue weighted by molar-refractivity contribution is 7.99. The van der Waals surface area contributed by atoms with Crippen molar-refractivity contribution in [3.05, 3.63) is 29.0 Å². The van der Waals surface area contributed by atoms with E-state index < -0.39 is 11.8 Å². The first-order valence-corrected chi connectivity index (χ1v) is 6.36. The summed E-state index contributed by atoms with van der Waals surface area (Å²) in [6, 6.07) is 4.00. The van der Waals surface area contributed by atoms with Gasteiger partial charge < -0.3 is 10.8 Å². The number of carboxylic acid groups (broad SMARTS) is 1. The normalized spacial score (nSPS) is 10.6. The van der Waals surface area contributed by atoms with E-state index >= 15 is 0 Å². The lowest BCUT2D eigenvalue weighted by atomic mass is 10.3. The molecular weight excluding hydrogens is 295 g/mol. The molecule has 1 aromatic carbocycles. The number of nitrogens with zero attached hydrogens (tertiary/aromatic N) is 3. The summed E-state index contributed by atoms with van der Waals surface area (Å²) in [4.78, 5) is 10.5. The van der Waals surface area contributed by atoms with Crippen LogP contribution >= 0.6 is 23.4 Å². The average molecular weight is 303 g/mol. The van der Waals surface area contributed by atoms with Crippen LogP contribution in [-0.4, -0.2) is 31.6 Å². The van der Waals surface area contributed by atoms with Gasteiger partial charge in [0.15, 0.2) is 5.16 Å². The third-order valence-corrected chi connectivity index (χ3v) is 3.35. The molecule has 0 radical (unpaired) electrons. The maximum atomic E-state index is 13.1. The summed E-state index contributed by atoms with van der Waals surface area (Å²) in [7, 11) is 0. The molecule has 0 saturated heterocycles. The summed E-state index contributed by atoms with van der Waals surface area (Å²) in [5, 5.41) is 16.3. The fraction of sp³-hybridized carbons (Fsp3) is 0.100. The van der Waals surface area contributed by atoms with Crippen molar-refractivity contribution in [1.82, 2.24) is 14.8 Å². The lowest BCUT2D eigenvalue weighted by Gasteiger charge is -2.07. The summed E-state index contributed by atoms with van der Waals surface area (Å²) in [6.07, 6.45) is 0. The van der Waals surface area contributed by atoms with Crippen LogP contribution in [0.25, 0.3) is 5.69 Å². The average Bonchev–Trinajstić information content (AvgIpc) is 2.71. The monoisotopic (exact) mass is 302 g/mol. The van der Waals surface area contributed by atoms with Crippen molar-refractivity contribution in [2.75, 3.05) is 11.5 Å². The Morgan fingerprint density at radius 2 is 2.26 bits per heavy atom. The van der Waals surface area contributed by atoms with Gasteiger partial charge in [-0.1, -0.05) is 23.4 Å². The van der Waals surface area contributed by atoms with Gasteiger partial charge in [0, 0.05) is 0 Å². The molecule has 0 aliphatic heterocycles. The van der Waals surface area contributed by atoms with Gasteiger partial charge in [-0.25, -0.2) is 4.39 Å². The molecule has 100 valence electrons. The maximum absolute atomic E-state index is 13.1. The molecular formula is C10H8ClFN4O2S. The topological polar surface area (TPSA) is 94.0 Å². The van der Waals surface area contributed by atoms with Crippen LogP contribution in [0.5, 0.6) is 0 Å². The molecule has 3 N–H and O–H groups in total. The minimum absolute atomic E-state index is 0.0653. The van der Waals surface area contributed by atoms with E-state index in [1.807, 2.05) is 0 Å². The van der Waals surface area contributed by atoms with Crippen LogP contribution in [0.4, 0.5) is 10.3 Å². The molecule has 9 heteroatoms. The van der Waals surface area contributed by atoms with E-state index in [2.05, 4.69) is 10.2 Å². The van der Waals surface area contributed by atoms with Crippen molar-refractivity contribution in [3.63, 3.8) is 0 Å². The van der Waals surface area contributed by atoms with Crippen molar-refractivity contribution in [3.8, 4) is 5.69 Å². The van der Waals surface area contributed by atoms with Crippen molar-refractivity contribution < 1.29 is 14.3 Å². The van der Waals surface area contributed by atoms with Crippen molar-refractivity contribution in [2.24, 2.45) is 0 Å². The van der Waals surface area contributed by atoms with Gasteiger partial charge in [0.2, 0.25) is 5.95 Å². The van der Waals surface area contributed by atoms with Crippen LogP contribution in [-0.2, 0) is 4.79 Å². The molecule has 2 rings (SSSR count). The summed E-state index contributed by atoms with van der Waals surface area (Å²) in [5.74, 6) is -1.67. The Bertz CT molecular complexity index is 634. The smallest absolute Gasteiger partial charge is 0.313 e. The number of hydrogen-bond acceptors (Lipinski definition) is 5. The van der Waals surface area contributed by atoms with Crippen molar-refractivity contribution >= 4 is 35.3 Å². The van der Waals surface area contributed by atoms with Gasteiger partial charge in [0.1, 0.15) is 5.82 Å². The lowest BCUT2D eigenvalue weighted by molar-refractivity contribution is -0.133. The SMILES string of the molecule is Nc1nnc(SCC(=O)O)n1-c1ccc(F)c(Cl)c1. The van der Waals surface area contributed by atoms with Gasteiger partial charge in [-0.05, 0) is 18.2 Å². The molecule has 0 bridgehead atoms. The largest absolute Gasteiger partial charge is 0.481 e. The minimum Gasteiger partial charge on any atom is -0.481 e. The molecule has 1 heterocycles. The number of rotatable bonds is 4. The van der Waals surface area contributed by atoms with Gasteiger partial charge in [-0.15, -0.1) is 10.2 Å². The number of hydrogen-bond donors (Lipinski definition) is 2. The zero-order valence-corrected chi connectivity index (χ0v) is 11.0. The molecule has 0 unspecified atom stereocenters. The molecule has 0 atom stereocenters. The predicted octanol–water partition coefficient (Wildman–Crippen LogP) is 1.82. The van der Waals surface area contributed by atoms with Gasteiger partial charge in [-0.3, -0.25) is 9.36 Å². The number of aromatic nitrogens is 3. The second-order valence-electron chi connectivity index (χ2n) is 3.46. The maximum Gasteiger partial charge on any atom is 0.313 e. The van der Waals surface area contributed by atoms with Gasteiger partial charge in [0.25, 0.3) is 0 Å². The number of thioether (sulfide) groups is 1. The first-order valence-electron chi connectivity index (χ1n) is 5.00. The second-order valence-corrected chi connectivity index (χ2v) is 4.81. The minimum atomic E-state index is -0.991. The molecule has 19 heavy (non-hydrogen) atoms. The Balaban J connectivity index is 2.40. The highest BCUT2D eigenvalue weighted by Crippen LogP contribution is 2.25. The van der Waals surface area contributed by atoms with Crippen LogP contribution in [0.1, 0.15) is 0 Å². The van der Waals surface area contributed by atoms with Crippen molar-refractivity contribution in [1.29, 1.82) is 0 Å². The summed E-state index contributed by atoms with van der Waals surface area (Å²) in [5.41, 5.74) is 6.12. The second kappa shape index (κ2) is 5.45. The van der Waals surface area contributed by atoms with Gasteiger partial charge in [-0.2, -0.15) is 0 Å². The number of benzene rings is 1. The molecule has 0 fully saturated rings. The number of nitrogens with two attached hydrogens (primary N) is 1. The van der Waals surface area contributed by atoms with Crippen LogP contribution in [0.15, 0.2) is 23.4 Å². The van der Waals surface area contributed by atoms with E-state index in [9.17, 15) is 9.18 Å². The Kier molecular flexibility index (Phi) is 3.91. The van der Waals surface area contributed by atoms with Gasteiger partial charge in [0.05, 0.1) is 16.5 Å². The van der Waals surface area contributed by atoms with E-state index in [0.29, 0.717) is 10.8 Å². The Hall–Kier alpha value is -1.80. The third-order valence-electron chi connectivity index (χ3n) is 2.14. The van der Waals surface area contributed by atoms with E-state index in [1.165, 1.54) is 22.8 Å². The first-order chi connectivity index (χ1) is 8.99. The Labute approximate surface area is 116 Å².